The van der Waals surface area contributed by atoms with Gasteiger partial charge in [0.25, 0.3) is 0 Å². The lowest BCUT2D eigenvalue weighted by molar-refractivity contribution is -0.134. The maximum Gasteiger partial charge on any atom is 0.223 e. The number of hydrogen-bond donors (Lipinski definition) is 2. The lowest BCUT2D eigenvalue weighted by Gasteiger charge is -2.20. The van der Waals surface area contributed by atoms with E-state index in [4.69, 9.17) is 5.73 Å². The van der Waals surface area contributed by atoms with Gasteiger partial charge >= 0.3 is 0 Å². The molecular formula is C19H25N3O4. The first-order valence-electron chi connectivity index (χ1n) is 8.80. The molecule has 1 fully saturated rings. The normalized spacial score (nSPS) is 19.0. The molecule has 1 aromatic carbocycles. The molecule has 0 spiro atoms. The predicted octanol–water partition coefficient (Wildman–Crippen LogP) is 0.765. The zero-order chi connectivity index (χ0) is 19.1. The van der Waals surface area contributed by atoms with Crippen molar-refractivity contribution in [1.82, 2.24) is 10.2 Å². The first-order valence-corrected chi connectivity index (χ1v) is 8.80. The molecule has 0 saturated carbocycles. The molecule has 140 valence electrons. The SMILES string of the molecule is C[C@@H](CCC(=O)N[C@H]1CCC(=O)N(Cc2ccccc2)CC1=O)C(N)=O. The lowest BCUT2D eigenvalue weighted by Crippen LogP contribution is -2.43. The number of rotatable bonds is 7. The van der Waals surface area contributed by atoms with Crippen LogP contribution in [0.5, 0.6) is 0 Å². The van der Waals surface area contributed by atoms with E-state index in [-0.39, 0.29) is 37.0 Å². The van der Waals surface area contributed by atoms with Gasteiger partial charge in [0, 0.05) is 25.3 Å². The van der Waals surface area contributed by atoms with Gasteiger partial charge in [-0.1, -0.05) is 37.3 Å². The van der Waals surface area contributed by atoms with Crippen molar-refractivity contribution < 1.29 is 19.2 Å². The molecule has 1 aromatic rings. The third-order valence-electron chi connectivity index (χ3n) is 4.58. The highest BCUT2D eigenvalue weighted by Gasteiger charge is 2.30. The van der Waals surface area contributed by atoms with E-state index in [0.717, 1.165) is 5.56 Å². The smallest absolute Gasteiger partial charge is 0.223 e. The summed E-state index contributed by atoms with van der Waals surface area (Å²) in [6.45, 7) is 2.02. The van der Waals surface area contributed by atoms with E-state index < -0.39 is 17.9 Å². The van der Waals surface area contributed by atoms with Crippen LogP contribution < -0.4 is 11.1 Å². The topological polar surface area (TPSA) is 110 Å². The Bertz CT molecular complexity index is 675. The van der Waals surface area contributed by atoms with Crippen LogP contribution in [0, 0.1) is 5.92 Å². The second-order valence-electron chi connectivity index (χ2n) is 6.70. The fraction of sp³-hybridized carbons (Fsp3) is 0.474. The molecule has 0 bridgehead atoms. The highest BCUT2D eigenvalue weighted by atomic mass is 16.2. The summed E-state index contributed by atoms with van der Waals surface area (Å²) in [5.74, 6) is -1.43. The maximum atomic E-state index is 12.5. The molecule has 2 rings (SSSR count). The standard InChI is InChI=1S/C19H25N3O4/c1-13(19(20)26)7-9-17(24)21-15-8-10-18(25)22(12-16(15)23)11-14-5-3-2-4-6-14/h2-6,13,15H,7-12H2,1H3,(H2,20,26)(H,21,24)/t13-,15-/m0/s1. The Balaban J connectivity index is 1.90. The van der Waals surface area contributed by atoms with E-state index >= 15 is 0 Å². The van der Waals surface area contributed by atoms with Gasteiger partial charge in [0.2, 0.25) is 17.7 Å². The van der Waals surface area contributed by atoms with Crippen LogP contribution in [0.2, 0.25) is 0 Å². The van der Waals surface area contributed by atoms with Gasteiger partial charge in [-0.15, -0.1) is 0 Å². The van der Waals surface area contributed by atoms with E-state index in [9.17, 15) is 19.2 Å². The Morgan fingerprint density at radius 3 is 2.62 bits per heavy atom. The number of ketones is 1. The number of nitrogens with one attached hydrogen (secondary N) is 1. The monoisotopic (exact) mass is 359 g/mol. The van der Waals surface area contributed by atoms with Gasteiger partial charge in [0.05, 0.1) is 12.6 Å². The van der Waals surface area contributed by atoms with Gasteiger partial charge in [-0.05, 0) is 18.4 Å². The zero-order valence-electron chi connectivity index (χ0n) is 14.9. The summed E-state index contributed by atoms with van der Waals surface area (Å²) in [6.07, 6.45) is 0.956. The average molecular weight is 359 g/mol. The van der Waals surface area contributed by atoms with Crippen molar-refractivity contribution in [3.8, 4) is 0 Å². The number of amides is 3. The summed E-state index contributed by atoms with van der Waals surface area (Å²) >= 11 is 0. The number of benzene rings is 1. The van der Waals surface area contributed by atoms with Gasteiger partial charge in [-0.3, -0.25) is 19.2 Å². The molecule has 3 amide bonds. The number of Topliss-reactive ketones (excluding diaryl/α,β-unsaturated/α-hetero) is 1. The first-order chi connectivity index (χ1) is 12.4. The molecule has 2 atom stereocenters. The Morgan fingerprint density at radius 2 is 1.96 bits per heavy atom. The van der Waals surface area contributed by atoms with Gasteiger partial charge < -0.3 is 16.0 Å². The van der Waals surface area contributed by atoms with Crippen molar-refractivity contribution >= 4 is 23.5 Å². The third-order valence-corrected chi connectivity index (χ3v) is 4.58. The van der Waals surface area contributed by atoms with E-state index in [2.05, 4.69) is 5.32 Å². The van der Waals surface area contributed by atoms with E-state index in [1.807, 2.05) is 30.3 Å². The van der Waals surface area contributed by atoms with E-state index in [1.165, 1.54) is 4.90 Å². The summed E-state index contributed by atoms with van der Waals surface area (Å²) in [5, 5.41) is 2.69. The first kappa shape index (κ1) is 19.6. The number of nitrogens with zero attached hydrogens (tertiary/aromatic N) is 1. The Kier molecular flexibility index (Phi) is 6.89. The van der Waals surface area contributed by atoms with Crippen LogP contribution in [0.4, 0.5) is 0 Å². The minimum atomic E-state index is -0.670. The van der Waals surface area contributed by atoms with Gasteiger partial charge in [0.15, 0.2) is 5.78 Å². The van der Waals surface area contributed by atoms with E-state index in [1.54, 1.807) is 6.92 Å². The van der Waals surface area contributed by atoms with Crippen LogP contribution in [0.3, 0.4) is 0 Å². The second kappa shape index (κ2) is 9.12. The molecule has 7 nitrogen and oxygen atoms in total. The molecular weight excluding hydrogens is 334 g/mol. The van der Waals surface area contributed by atoms with Crippen LogP contribution in [0.1, 0.15) is 38.2 Å². The van der Waals surface area contributed by atoms with Crippen molar-refractivity contribution in [1.29, 1.82) is 0 Å². The van der Waals surface area contributed by atoms with Crippen LogP contribution in [-0.2, 0) is 25.7 Å². The minimum absolute atomic E-state index is 0.0175. The fourth-order valence-corrected chi connectivity index (χ4v) is 2.83. The van der Waals surface area contributed by atoms with Crippen LogP contribution in [0.15, 0.2) is 30.3 Å². The summed E-state index contributed by atoms with van der Waals surface area (Å²) in [7, 11) is 0. The molecule has 3 N–H and O–H groups in total. The van der Waals surface area contributed by atoms with Crippen molar-refractivity contribution in [3.05, 3.63) is 35.9 Å². The van der Waals surface area contributed by atoms with E-state index in [0.29, 0.717) is 19.4 Å². The average Bonchev–Trinajstić information content (AvgIpc) is 2.74. The number of carbonyl (C=O) groups is 4. The molecule has 1 heterocycles. The zero-order valence-corrected chi connectivity index (χ0v) is 14.9. The van der Waals surface area contributed by atoms with Crippen LogP contribution in [-0.4, -0.2) is 41.0 Å². The molecule has 1 saturated heterocycles. The van der Waals surface area contributed by atoms with Crippen LogP contribution >= 0.6 is 0 Å². The van der Waals surface area contributed by atoms with Crippen molar-refractivity contribution in [2.75, 3.05) is 6.54 Å². The Hall–Kier alpha value is -2.70. The number of nitrogens with two attached hydrogens (primary N) is 1. The fourth-order valence-electron chi connectivity index (χ4n) is 2.83. The van der Waals surface area contributed by atoms with Crippen molar-refractivity contribution in [3.63, 3.8) is 0 Å². The predicted molar refractivity (Wildman–Crippen MR) is 95.6 cm³/mol. The Morgan fingerprint density at radius 1 is 1.27 bits per heavy atom. The van der Waals surface area contributed by atoms with Gasteiger partial charge in [-0.25, -0.2) is 0 Å². The molecule has 0 aromatic heterocycles. The molecule has 0 aliphatic carbocycles. The second-order valence-corrected chi connectivity index (χ2v) is 6.70. The number of hydrogen-bond acceptors (Lipinski definition) is 4. The molecule has 1 aliphatic heterocycles. The van der Waals surface area contributed by atoms with Gasteiger partial charge in [-0.2, -0.15) is 0 Å². The molecule has 0 unspecified atom stereocenters. The minimum Gasteiger partial charge on any atom is -0.369 e. The molecule has 26 heavy (non-hydrogen) atoms. The third kappa shape index (κ3) is 5.68. The molecule has 1 aliphatic rings. The number of carbonyl (C=O) groups excluding carboxylic acids is 4. The molecule has 0 radical (unpaired) electrons. The summed E-state index contributed by atoms with van der Waals surface area (Å²) in [5.41, 5.74) is 6.13. The molecule has 7 heteroatoms. The summed E-state index contributed by atoms with van der Waals surface area (Å²) < 4.78 is 0. The number of primary amides is 1. The van der Waals surface area contributed by atoms with Crippen molar-refractivity contribution in [2.24, 2.45) is 11.7 Å². The largest absolute Gasteiger partial charge is 0.369 e. The quantitative estimate of drug-likeness (QED) is 0.749. The highest BCUT2D eigenvalue weighted by molar-refractivity contribution is 5.94. The van der Waals surface area contributed by atoms with Gasteiger partial charge in [0.1, 0.15) is 0 Å². The highest BCUT2D eigenvalue weighted by Crippen LogP contribution is 2.14. The van der Waals surface area contributed by atoms with Crippen molar-refractivity contribution in [2.45, 2.75) is 45.2 Å². The summed E-state index contributed by atoms with van der Waals surface area (Å²) in [4.78, 5) is 49.3. The lowest BCUT2D eigenvalue weighted by atomic mass is 10.0. The Labute approximate surface area is 152 Å². The number of likely N-dealkylation sites (tertiary alicyclic amines) is 1. The maximum absolute atomic E-state index is 12.5. The van der Waals surface area contributed by atoms with Crippen LogP contribution in [0.25, 0.3) is 0 Å². The summed E-state index contributed by atoms with van der Waals surface area (Å²) in [6, 6.07) is 8.80.